The van der Waals surface area contributed by atoms with Crippen LogP contribution in [0.4, 0.5) is 13.2 Å². The molecular weight excluding hydrogens is 323 g/mol. The molecule has 0 bridgehead atoms. The number of nitrogens with one attached hydrogen (secondary N) is 1. The Bertz CT molecular complexity index is 784. The van der Waals surface area contributed by atoms with Gasteiger partial charge in [0.1, 0.15) is 0 Å². The SMILES string of the molecule is NC(=O)[C@@H]1CN(C(=O)Cc2c[nH]c3ccccc23)C[C@H]1C(F)(F)F. The first-order valence-electron chi connectivity index (χ1n) is 7.46. The minimum atomic E-state index is -4.56. The van der Waals surface area contributed by atoms with Crippen molar-refractivity contribution in [2.45, 2.75) is 12.6 Å². The molecule has 1 saturated heterocycles. The lowest BCUT2D eigenvalue weighted by Crippen LogP contribution is -2.37. The van der Waals surface area contributed by atoms with Gasteiger partial charge in [-0.15, -0.1) is 0 Å². The van der Waals surface area contributed by atoms with Gasteiger partial charge in [0.05, 0.1) is 18.3 Å². The van der Waals surface area contributed by atoms with E-state index in [1.807, 2.05) is 24.3 Å². The van der Waals surface area contributed by atoms with Crippen LogP contribution >= 0.6 is 0 Å². The summed E-state index contributed by atoms with van der Waals surface area (Å²) in [6.07, 6.45) is -2.92. The van der Waals surface area contributed by atoms with Gasteiger partial charge in [0.2, 0.25) is 11.8 Å². The van der Waals surface area contributed by atoms with Crippen molar-refractivity contribution < 1.29 is 22.8 Å². The molecule has 2 atom stereocenters. The van der Waals surface area contributed by atoms with E-state index in [1.54, 1.807) is 6.20 Å². The van der Waals surface area contributed by atoms with Gasteiger partial charge in [-0.05, 0) is 11.6 Å². The fourth-order valence-electron chi connectivity index (χ4n) is 3.18. The summed E-state index contributed by atoms with van der Waals surface area (Å²) >= 11 is 0. The van der Waals surface area contributed by atoms with Crippen LogP contribution in [0.3, 0.4) is 0 Å². The van der Waals surface area contributed by atoms with Gasteiger partial charge in [0, 0.05) is 30.2 Å². The van der Waals surface area contributed by atoms with Crippen LogP contribution in [0.5, 0.6) is 0 Å². The lowest BCUT2D eigenvalue weighted by atomic mass is 9.95. The van der Waals surface area contributed by atoms with E-state index < -0.39 is 36.4 Å². The standard InChI is InChI=1S/C16H16F3N3O2/c17-16(18,19)12-8-22(7-11(12)15(20)24)14(23)5-9-6-21-13-4-2-1-3-10(9)13/h1-4,6,11-12,21H,5,7-8H2,(H2,20,24)/t11-,12-/m1/s1. The lowest BCUT2D eigenvalue weighted by Gasteiger charge is -2.18. The summed E-state index contributed by atoms with van der Waals surface area (Å²) in [4.78, 5) is 27.8. The van der Waals surface area contributed by atoms with Crippen LogP contribution in [0.15, 0.2) is 30.5 Å². The van der Waals surface area contributed by atoms with E-state index in [0.29, 0.717) is 5.56 Å². The average molecular weight is 339 g/mol. The molecule has 0 radical (unpaired) electrons. The van der Waals surface area contributed by atoms with E-state index in [-0.39, 0.29) is 13.0 Å². The first kappa shape index (κ1) is 16.4. The van der Waals surface area contributed by atoms with Gasteiger partial charge >= 0.3 is 6.18 Å². The lowest BCUT2D eigenvalue weighted by molar-refractivity contribution is -0.182. The number of H-pyrrole nitrogens is 1. The van der Waals surface area contributed by atoms with Crippen LogP contribution in [-0.2, 0) is 16.0 Å². The number of fused-ring (bicyclic) bond motifs is 1. The molecule has 1 aromatic carbocycles. The summed E-state index contributed by atoms with van der Waals surface area (Å²) in [7, 11) is 0. The Kier molecular flexibility index (Phi) is 3.98. The second kappa shape index (κ2) is 5.85. The van der Waals surface area contributed by atoms with Gasteiger partial charge in [0.15, 0.2) is 0 Å². The number of rotatable bonds is 3. The number of hydrogen-bond acceptors (Lipinski definition) is 2. The van der Waals surface area contributed by atoms with Crippen LogP contribution in [0.2, 0.25) is 0 Å². The van der Waals surface area contributed by atoms with Gasteiger partial charge in [-0.3, -0.25) is 9.59 Å². The number of aromatic nitrogens is 1. The zero-order chi connectivity index (χ0) is 17.5. The zero-order valence-corrected chi connectivity index (χ0v) is 12.6. The molecule has 1 fully saturated rings. The largest absolute Gasteiger partial charge is 0.394 e. The third-order valence-electron chi connectivity index (χ3n) is 4.48. The number of nitrogens with two attached hydrogens (primary N) is 1. The van der Waals surface area contributed by atoms with Gasteiger partial charge in [-0.2, -0.15) is 13.2 Å². The van der Waals surface area contributed by atoms with Crippen LogP contribution in [0.1, 0.15) is 5.56 Å². The van der Waals surface area contributed by atoms with Crippen LogP contribution in [-0.4, -0.2) is 41.0 Å². The van der Waals surface area contributed by atoms with Crippen LogP contribution in [0, 0.1) is 11.8 Å². The number of likely N-dealkylation sites (tertiary alicyclic amines) is 1. The highest BCUT2D eigenvalue weighted by molar-refractivity contribution is 5.89. The predicted molar refractivity (Wildman–Crippen MR) is 80.8 cm³/mol. The molecular formula is C16H16F3N3O2. The number of primary amides is 1. The van der Waals surface area contributed by atoms with Gasteiger partial charge in [-0.1, -0.05) is 18.2 Å². The summed E-state index contributed by atoms with van der Waals surface area (Å²) in [6.45, 7) is -0.820. The molecule has 1 aromatic heterocycles. The second-order valence-electron chi connectivity index (χ2n) is 5.99. The Balaban J connectivity index is 1.77. The van der Waals surface area contributed by atoms with E-state index in [2.05, 4.69) is 4.98 Å². The number of alkyl halides is 3. The molecule has 0 unspecified atom stereocenters. The number of benzene rings is 1. The molecule has 2 heterocycles. The molecule has 24 heavy (non-hydrogen) atoms. The second-order valence-corrected chi connectivity index (χ2v) is 5.99. The normalized spacial score (nSPS) is 21.4. The molecule has 8 heteroatoms. The summed E-state index contributed by atoms with van der Waals surface area (Å²) in [5.74, 6) is -4.77. The molecule has 2 amide bonds. The number of amides is 2. The summed E-state index contributed by atoms with van der Waals surface area (Å²) in [5, 5.41) is 0.851. The molecule has 5 nitrogen and oxygen atoms in total. The van der Waals surface area contributed by atoms with Crippen LogP contribution < -0.4 is 5.73 Å². The molecule has 0 spiro atoms. The number of nitrogens with zero attached hydrogens (tertiary/aromatic N) is 1. The minimum Gasteiger partial charge on any atom is -0.369 e. The van der Waals surface area contributed by atoms with Crippen molar-refractivity contribution in [3.8, 4) is 0 Å². The highest BCUT2D eigenvalue weighted by atomic mass is 19.4. The van der Waals surface area contributed by atoms with Crippen molar-refractivity contribution in [2.24, 2.45) is 17.6 Å². The molecule has 0 saturated carbocycles. The Morgan fingerprint density at radius 1 is 1.25 bits per heavy atom. The third kappa shape index (κ3) is 2.95. The number of hydrogen-bond donors (Lipinski definition) is 2. The van der Waals surface area contributed by atoms with Gasteiger partial charge in [0.25, 0.3) is 0 Å². The third-order valence-corrected chi connectivity index (χ3v) is 4.48. The number of carbonyl (C=O) groups is 2. The van der Waals surface area contributed by atoms with E-state index in [1.165, 1.54) is 0 Å². The Labute approximate surface area is 135 Å². The maximum absolute atomic E-state index is 13.0. The first-order valence-corrected chi connectivity index (χ1v) is 7.46. The minimum absolute atomic E-state index is 0.0277. The monoisotopic (exact) mass is 339 g/mol. The van der Waals surface area contributed by atoms with Crippen molar-refractivity contribution in [1.29, 1.82) is 0 Å². The van der Waals surface area contributed by atoms with Crippen molar-refractivity contribution in [3.05, 3.63) is 36.0 Å². The molecule has 1 aliphatic rings. The summed E-state index contributed by atoms with van der Waals surface area (Å²) in [6, 6.07) is 7.35. The zero-order valence-electron chi connectivity index (χ0n) is 12.6. The molecule has 0 aliphatic carbocycles. The van der Waals surface area contributed by atoms with Crippen molar-refractivity contribution in [1.82, 2.24) is 9.88 Å². The summed E-state index contributed by atoms with van der Waals surface area (Å²) in [5.41, 5.74) is 6.64. The van der Waals surface area contributed by atoms with E-state index >= 15 is 0 Å². The Morgan fingerprint density at radius 3 is 2.58 bits per heavy atom. The van der Waals surface area contributed by atoms with Crippen molar-refractivity contribution in [3.63, 3.8) is 0 Å². The number of para-hydroxylation sites is 1. The average Bonchev–Trinajstić information content (AvgIpc) is 3.11. The van der Waals surface area contributed by atoms with Crippen molar-refractivity contribution in [2.75, 3.05) is 13.1 Å². The van der Waals surface area contributed by atoms with E-state index in [9.17, 15) is 22.8 Å². The maximum Gasteiger partial charge on any atom is 0.394 e. The van der Waals surface area contributed by atoms with Gasteiger partial charge in [-0.25, -0.2) is 0 Å². The highest BCUT2D eigenvalue weighted by Crippen LogP contribution is 2.37. The highest BCUT2D eigenvalue weighted by Gasteiger charge is 2.52. The Hall–Kier alpha value is -2.51. The fourth-order valence-corrected chi connectivity index (χ4v) is 3.18. The van der Waals surface area contributed by atoms with E-state index in [0.717, 1.165) is 15.8 Å². The van der Waals surface area contributed by atoms with E-state index in [4.69, 9.17) is 5.73 Å². The Morgan fingerprint density at radius 2 is 1.96 bits per heavy atom. The topological polar surface area (TPSA) is 79.2 Å². The summed E-state index contributed by atoms with van der Waals surface area (Å²) < 4.78 is 39.1. The van der Waals surface area contributed by atoms with Crippen LogP contribution in [0.25, 0.3) is 10.9 Å². The quantitative estimate of drug-likeness (QED) is 0.895. The smallest absolute Gasteiger partial charge is 0.369 e. The van der Waals surface area contributed by atoms with Gasteiger partial charge < -0.3 is 15.6 Å². The first-order chi connectivity index (χ1) is 11.3. The number of aromatic amines is 1. The molecule has 128 valence electrons. The maximum atomic E-state index is 13.0. The molecule has 3 N–H and O–H groups in total. The molecule has 3 rings (SSSR count). The predicted octanol–water partition coefficient (Wildman–Crippen LogP) is 1.83. The molecule has 1 aliphatic heterocycles. The number of carbonyl (C=O) groups excluding carboxylic acids is 2. The van der Waals surface area contributed by atoms with Crippen molar-refractivity contribution >= 4 is 22.7 Å². The molecule has 2 aromatic rings. The fraction of sp³-hybridized carbons (Fsp3) is 0.375. The number of halogens is 3.